The molecule has 2 heteroatoms. The molecule has 0 aliphatic carbocycles. The van der Waals surface area contributed by atoms with Crippen LogP contribution in [0.5, 0.6) is 5.75 Å². The van der Waals surface area contributed by atoms with Crippen molar-refractivity contribution in [3.8, 4) is 16.9 Å². The molecule has 23 heavy (non-hydrogen) atoms. The quantitative estimate of drug-likeness (QED) is 0.462. The van der Waals surface area contributed by atoms with Crippen molar-refractivity contribution >= 4 is 0 Å². The highest BCUT2D eigenvalue weighted by molar-refractivity contribution is 5.70. The number of para-hydroxylation sites is 1. The van der Waals surface area contributed by atoms with Crippen molar-refractivity contribution in [2.24, 2.45) is 0 Å². The van der Waals surface area contributed by atoms with E-state index in [0.717, 1.165) is 37.4 Å². The highest BCUT2D eigenvalue weighted by Gasteiger charge is 2.06. The summed E-state index contributed by atoms with van der Waals surface area (Å²) >= 11 is 0. The molecule has 2 nitrogen and oxygen atoms in total. The first kappa shape index (κ1) is 17.0. The molecule has 2 aromatic carbocycles. The third-order valence-corrected chi connectivity index (χ3v) is 3.62. The largest absolute Gasteiger partial charge is 0.493 e. The molecular weight excluding hydrogens is 282 g/mol. The fourth-order valence-corrected chi connectivity index (χ4v) is 2.54. The number of benzene rings is 2. The molecule has 0 saturated heterocycles. The van der Waals surface area contributed by atoms with E-state index in [-0.39, 0.29) is 0 Å². The first-order valence-corrected chi connectivity index (χ1v) is 8.06. The number of hydrogen-bond acceptors (Lipinski definition) is 2. The van der Waals surface area contributed by atoms with Crippen LogP contribution in [0.4, 0.5) is 0 Å². The van der Waals surface area contributed by atoms with Crippen molar-refractivity contribution in [2.45, 2.75) is 6.42 Å². The number of rotatable bonds is 10. The summed E-state index contributed by atoms with van der Waals surface area (Å²) in [7, 11) is 0. The Morgan fingerprint density at radius 1 is 0.870 bits per heavy atom. The van der Waals surface area contributed by atoms with Crippen LogP contribution in [0.1, 0.15) is 6.42 Å². The standard InChI is InChI=1S/C21H25NO/c1-3-15-22(16-4-2)17-10-18-23-21-14-9-8-13-20(21)19-11-6-5-7-12-19/h3-9,11-14H,1-2,10,15-18H2. The molecule has 0 N–H and O–H groups in total. The Kier molecular flexibility index (Phi) is 7.15. The second kappa shape index (κ2) is 9.65. The summed E-state index contributed by atoms with van der Waals surface area (Å²) in [6.45, 7) is 11.0. The highest BCUT2D eigenvalue weighted by Crippen LogP contribution is 2.29. The van der Waals surface area contributed by atoms with Crippen LogP contribution in [-0.4, -0.2) is 31.1 Å². The van der Waals surface area contributed by atoms with Crippen LogP contribution >= 0.6 is 0 Å². The van der Waals surface area contributed by atoms with Gasteiger partial charge in [0.25, 0.3) is 0 Å². The van der Waals surface area contributed by atoms with Crippen LogP contribution in [-0.2, 0) is 0 Å². The Morgan fingerprint density at radius 3 is 2.22 bits per heavy atom. The first-order chi connectivity index (χ1) is 11.3. The van der Waals surface area contributed by atoms with E-state index in [9.17, 15) is 0 Å². The smallest absolute Gasteiger partial charge is 0.127 e. The second-order valence-corrected chi connectivity index (χ2v) is 5.40. The summed E-state index contributed by atoms with van der Waals surface area (Å²) in [5.41, 5.74) is 2.32. The van der Waals surface area contributed by atoms with Crippen LogP contribution in [0.25, 0.3) is 11.1 Å². The van der Waals surface area contributed by atoms with Gasteiger partial charge in [0, 0.05) is 25.2 Å². The third-order valence-electron chi connectivity index (χ3n) is 3.62. The van der Waals surface area contributed by atoms with E-state index in [1.54, 1.807) is 0 Å². The van der Waals surface area contributed by atoms with Gasteiger partial charge in [-0.05, 0) is 18.1 Å². The molecule has 0 unspecified atom stereocenters. The van der Waals surface area contributed by atoms with Gasteiger partial charge in [-0.1, -0.05) is 60.7 Å². The Morgan fingerprint density at radius 2 is 1.52 bits per heavy atom. The molecule has 2 rings (SSSR count). The van der Waals surface area contributed by atoms with E-state index in [2.05, 4.69) is 48.4 Å². The molecular formula is C21H25NO. The number of hydrogen-bond donors (Lipinski definition) is 0. The van der Waals surface area contributed by atoms with Crippen molar-refractivity contribution in [1.82, 2.24) is 4.90 Å². The maximum atomic E-state index is 6.02. The van der Waals surface area contributed by atoms with Crippen LogP contribution < -0.4 is 4.74 Å². The van der Waals surface area contributed by atoms with Gasteiger partial charge in [0.05, 0.1) is 6.61 Å². The van der Waals surface area contributed by atoms with Gasteiger partial charge in [0.1, 0.15) is 5.75 Å². The highest BCUT2D eigenvalue weighted by atomic mass is 16.5. The zero-order valence-electron chi connectivity index (χ0n) is 13.7. The molecule has 0 fully saturated rings. The molecule has 0 spiro atoms. The van der Waals surface area contributed by atoms with Crippen molar-refractivity contribution in [3.05, 3.63) is 79.9 Å². The van der Waals surface area contributed by atoms with E-state index in [4.69, 9.17) is 4.74 Å². The van der Waals surface area contributed by atoms with E-state index in [1.807, 2.05) is 36.4 Å². The molecule has 0 bridgehead atoms. The van der Waals surface area contributed by atoms with Gasteiger partial charge >= 0.3 is 0 Å². The fraction of sp³-hybridized carbons (Fsp3) is 0.238. The predicted molar refractivity (Wildman–Crippen MR) is 98.8 cm³/mol. The molecule has 0 atom stereocenters. The average Bonchev–Trinajstić information content (AvgIpc) is 2.60. The molecule has 0 radical (unpaired) electrons. The minimum absolute atomic E-state index is 0.703. The van der Waals surface area contributed by atoms with Gasteiger partial charge in [0.2, 0.25) is 0 Å². The van der Waals surface area contributed by atoms with Crippen molar-refractivity contribution in [3.63, 3.8) is 0 Å². The van der Waals surface area contributed by atoms with Gasteiger partial charge in [-0.25, -0.2) is 0 Å². The molecule has 0 amide bonds. The summed E-state index contributed by atoms with van der Waals surface area (Å²) in [5.74, 6) is 0.942. The van der Waals surface area contributed by atoms with Gasteiger partial charge in [-0.15, -0.1) is 13.2 Å². The molecule has 120 valence electrons. The van der Waals surface area contributed by atoms with E-state index < -0.39 is 0 Å². The third kappa shape index (κ3) is 5.42. The average molecular weight is 307 g/mol. The predicted octanol–water partition coefficient (Wildman–Crippen LogP) is 4.80. The molecule has 2 aromatic rings. The zero-order chi connectivity index (χ0) is 16.3. The Bertz CT molecular complexity index is 596. The van der Waals surface area contributed by atoms with E-state index >= 15 is 0 Å². The van der Waals surface area contributed by atoms with Gasteiger partial charge in [0.15, 0.2) is 0 Å². The van der Waals surface area contributed by atoms with E-state index in [1.165, 1.54) is 5.56 Å². The van der Waals surface area contributed by atoms with Crippen molar-refractivity contribution in [1.29, 1.82) is 0 Å². The van der Waals surface area contributed by atoms with Crippen molar-refractivity contribution < 1.29 is 4.74 Å². The normalized spacial score (nSPS) is 10.5. The first-order valence-electron chi connectivity index (χ1n) is 8.06. The van der Waals surface area contributed by atoms with Gasteiger partial charge in [-0.2, -0.15) is 0 Å². The molecule has 0 aliphatic heterocycles. The summed E-state index contributed by atoms with van der Waals surface area (Å²) < 4.78 is 6.02. The summed E-state index contributed by atoms with van der Waals surface area (Å²) in [6, 6.07) is 18.6. The zero-order valence-corrected chi connectivity index (χ0v) is 13.7. The molecule has 0 heterocycles. The van der Waals surface area contributed by atoms with Crippen LogP contribution in [0.3, 0.4) is 0 Å². The van der Waals surface area contributed by atoms with E-state index in [0.29, 0.717) is 6.61 Å². The Balaban J connectivity index is 1.91. The summed E-state index contributed by atoms with van der Waals surface area (Å²) in [6.07, 6.45) is 4.83. The lowest BCUT2D eigenvalue weighted by molar-refractivity contribution is 0.262. The second-order valence-electron chi connectivity index (χ2n) is 5.40. The molecule has 0 saturated carbocycles. The lowest BCUT2D eigenvalue weighted by Crippen LogP contribution is -2.26. The molecule has 0 aliphatic rings. The lowest BCUT2D eigenvalue weighted by Gasteiger charge is -2.19. The van der Waals surface area contributed by atoms with Crippen LogP contribution in [0.15, 0.2) is 79.9 Å². The number of ether oxygens (including phenoxy) is 1. The minimum atomic E-state index is 0.703. The van der Waals surface area contributed by atoms with Gasteiger partial charge < -0.3 is 4.74 Å². The summed E-state index contributed by atoms with van der Waals surface area (Å²) in [4.78, 5) is 2.30. The Labute approximate surface area is 139 Å². The SMILES string of the molecule is C=CCN(CC=C)CCCOc1ccccc1-c1ccccc1. The van der Waals surface area contributed by atoms with Crippen LogP contribution in [0.2, 0.25) is 0 Å². The summed E-state index contributed by atoms with van der Waals surface area (Å²) in [5, 5.41) is 0. The molecule has 0 aromatic heterocycles. The van der Waals surface area contributed by atoms with Crippen molar-refractivity contribution in [2.75, 3.05) is 26.2 Å². The lowest BCUT2D eigenvalue weighted by atomic mass is 10.1. The Hall–Kier alpha value is -2.32. The topological polar surface area (TPSA) is 12.5 Å². The fourth-order valence-electron chi connectivity index (χ4n) is 2.54. The number of nitrogens with zero attached hydrogens (tertiary/aromatic N) is 1. The monoisotopic (exact) mass is 307 g/mol. The van der Waals surface area contributed by atoms with Gasteiger partial charge in [-0.3, -0.25) is 4.90 Å². The maximum absolute atomic E-state index is 6.02. The van der Waals surface area contributed by atoms with Crippen LogP contribution in [0, 0.1) is 0 Å². The maximum Gasteiger partial charge on any atom is 0.127 e. The minimum Gasteiger partial charge on any atom is -0.493 e.